The first-order chi connectivity index (χ1) is 8.75. The lowest BCUT2D eigenvalue weighted by Crippen LogP contribution is -2.44. The maximum atomic E-state index is 11.6. The Morgan fingerprint density at radius 2 is 1.94 bits per heavy atom. The zero-order valence-electron chi connectivity index (χ0n) is 10.2. The van der Waals surface area contributed by atoms with Crippen molar-refractivity contribution in [1.29, 1.82) is 0 Å². The van der Waals surface area contributed by atoms with E-state index in [1.54, 1.807) is 0 Å². The molecule has 0 aromatic heterocycles. The number of hydrogen-bond donors (Lipinski definition) is 2. The summed E-state index contributed by atoms with van der Waals surface area (Å²) in [5, 5.41) is 12.5. The minimum absolute atomic E-state index is 0.142. The van der Waals surface area contributed by atoms with E-state index in [4.69, 9.17) is 0 Å². The van der Waals surface area contributed by atoms with Crippen LogP contribution in [0.15, 0.2) is 30.3 Å². The second kappa shape index (κ2) is 6.23. The van der Waals surface area contributed by atoms with Crippen molar-refractivity contribution in [3.05, 3.63) is 35.9 Å². The maximum absolute atomic E-state index is 11.6. The van der Waals surface area contributed by atoms with E-state index in [1.165, 1.54) is 0 Å². The van der Waals surface area contributed by atoms with Crippen LogP contribution >= 0.6 is 0 Å². The van der Waals surface area contributed by atoms with Gasteiger partial charge in [-0.1, -0.05) is 37.0 Å². The van der Waals surface area contributed by atoms with E-state index in [9.17, 15) is 9.90 Å². The third kappa shape index (κ3) is 3.61. The van der Waals surface area contributed by atoms with Gasteiger partial charge >= 0.3 is 0 Å². The van der Waals surface area contributed by atoms with E-state index in [0.717, 1.165) is 31.2 Å². The predicted molar refractivity (Wildman–Crippen MR) is 69.7 cm³/mol. The van der Waals surface area contributed by atoms with Crippen LogP contribution < -0.4 is 5.32 Å². The SMILES string of the molecule is O=C(C#Cc1ccccc1)N[C@@H]1CCCC[C@H]1O. The van der Waals surface area contributed by atoms with E-state index in [2.05, 4.69) is 17.2 Å². The molecule has 3 nitrogen and oxygen atoms in total. The van der Waals surface area contributed by atoms with Gasteiger partial charge in [-0.05, 0) is 25.0 Å². The topological polar surface area (TPSA) is 49.3 Å². The van der Waals surface area contributed by atoms with Gasteiger partial charge in [0.05, 0.1) is 12.1 Å². The Labute approximate surface area is 107 Å². The summed E-state index contributed by atoms with van der Waals surface area (Å²) >= 11 is 0. The zero-order chi connectivity index (χ0) is 12.8. The Hall–Kier alpha value is -1.79. The third-order valence-electron chi connectivity index (χ3n) is 3.14. The first-order valence-corrected chi connectivity index (χ1v) is 6.31. The average Bonchev–Trinajstić information content (AvgIpc) is 2.40. The molecule has 1 amide bonds. The number of amides is 1. The van der Waals surface area contributed by atoms with Gasteiger partial charge in [0.1, 0.15) is 0 Å². The third-order valence-corrected chi connectivity index (χ3v) is 3.14. The lowest BCUT2D eigenvalue weighted by molar-refractivity contribution is -0.117. The Bertz CT molecular complexity index is 458. The predicted octanol–water partition coefficient (Wildman–Crippen LogP) is 1.46. The summed E-state index contributed by atoms with van der Waals surface area (Å²) in [5.41, 5.74) is 0.817. The van der Waals surface area contributed by atoms with Gasteiger partial charge < -0.3 is 10.4 Å². The highest BCUT2D eigenvalue weighted by Crippen LogP contribution is 2.18. The molecule has 1 aliphatic carbocycles. The van der Waals surface area contributed by atoms with Crippen LogP contribution in [0.1, 0.15) is 31.2 Å². The van der Waals surface area contributed by atoms with Crippen LogP contribution in [0.4, 0.5) is 0 Å². The van der Waals surface area contributed by atoms with Gasteiger partial charge in [-0.2, -0.15) is 0 Å². The molecule has 2 N–H and O–H groups in total. The number of carbonyl (C=O) groups excluding carboxylic acids is 1. The number of aliphatic hydroxyl groups is 1. The molecule has 0 bridgehead atoms. The van der Waals surface area contributed by atoms with Crippen molar-refractivity contribution in [3.63, 3.8) is 0 Å². The van der Waals surface area contributed by atoms with Crippen LogP contribution in [0.25, 0.3) is 0 Å². The first kappa shape index (κ1) is 12.7. The molecule has 1 saturated carbocycles. The molecule has 1 aromatic rings. The fourth-order valence-electron chi connectivity index (χ4n) is 2.13. The first-order valence-electron chi connectivity index (χ1n) is 6.31. The lowest BCUT2D eigenvalue weighted by Gasteiger charge is -2.27. The quantitative estimate of drug-likeness (QED) is 0.734. The van der Waals surface area contributed by atoms with Gasteiger partial charge in [-0.3, -0.25) is 4.79 Å². The van der Waals surface area contributed by atoms with Gasteiger partial charge in [0, 0.05) is 11.5 Å². The molecular formula is C15H17NO2. The normalized spacial score (nSPS) is 22.7. The molecule has 2 atom stereocenters. The number of hydrogen-bond acceptors (Lipinski definition) is 2. The number of aliphatic hydroxyl groups excluding tert-OH is 1. The molecule has 1 fully saturated rings. The summed E-state index contributed by atoms with van der Waals surface area (Å²) in [6, 6.07) is 9.24. The molecule has 0 heterocycles. The van der Waals surface area contributed by atoms with Crippen LogP contribution in [-0.4, -0.2) is 23.2 Å². The minimum atomic E-state index is -0.429. The van der Waals surface area contributed by atoms with E-state index in [0.29, 0.717) is 0 Å². The molecular weight excluding hydrogens is 226 g/mol. The minimum Gasteiger partial charge on any atom is -0.391 e. The second-order valence-corrected chi connectivity index (χ2v) is 4.55. The fourth-order valence-corrected chi connectivity index (χ4v) is 2.13. The molecule has 3 heteroatoms. The summed E-state index contributed by atoms with van der Waals surface area (Å²) in [4.78, 5) is 11.6. The standard InChI is InChI=1S/C15H17NO2/c17-14-9-5-4-8-13(14)16-15(18)11-10-12-6-2-1-3-7-12/h1-3,6-7,13-14,17H,4-5,8-9H2,(H,16,18)/t13-,14-/m1/s1. The highest BCUT2D eigenvalue weighted by molar-refractivity contribution is 5.94. The van der Waals surface area contributed by atoms with Gasteiger partial charge in [-0.15, -0.1) is 0 Å². The maximum Gasteiger partial charge on any atom is 0.296 e. The second-order valence-electron chi connectivity index (χ2n) is 4.55. The van der Waals surface area contributed by atoms with Crippen molar-refractivity contribution in [1.82, 2.24) is 5.32 Å². The summed E-state index contributed by atoms with van der Waals surface area (Å²) in [5.74, 6) is 5.05. The Morgan fingerprint density at radius 3 is 2.67 bits per heavy atom. The summed E-state index contributed by atoms with van der Waals surface area (Å²) < 4.78 is 0. The lowest BCUT2D eigenvalue weighted by atomic mass is 9.92. The molecule has 0 unspecified atom stereocenters. The van der Waals surface area contributed by atoms with E-state index < -0.39 is 6.10 Å². The average molecular weight is 243 g/mol. The molecule has 0 spiro atoms. The van der Waals surface area contributed by atoms with E-state index >= 15 is 0 Å². The Morgan fingerprint density at radius 1 is 1.22 bits per heavy atom. The number of carbonyl (C=O) groups is 1. The molecule has 0 radical (unpaired) electrons. The van der Waals surface area contributed by atoms with Gasteiger partial charge in [0.25, 0.3) is 5.91 Å². The van der Waals surface area contributed by atoms with Gasteiger partial charge in [0.2, 0.25) is 0 Å². The summed E-state index contributed by atoms with van der Waals surface area (Å²) in [6.07, 6.45) is 3.25. The van der Waals surface area contributed by atoms with Crippen molar-refractivity contribution in [2.75, 3.05) is 0 Å². The highest BCUT2D eigenvalue weighted by atomic mass is 16.3. The Kier molecular flexibility index (Phi) is 4.38. The van der Waals surface area contributed by atoms with Crippen LogP contribution in [0.3, 0.4) is 0 Å². The van der Waals surface area contributed by atoms with E-state index in [1.807, 2.05) is 30.3 Å². The van der Waals surface area contributed by atoms with Gasteiger partial charge in [0.15, 0.2) is 0 Å². The monoisotopic (exact) mass is 243 g/mol. The van der Waals surface area contributed by atoms with Crippen LogP contribution in [0.5, 0.6) is 0 Å². The number of rotatable bonds is 1. The largest absolute Gasteiger partial charge is 0.391 e. The van der Waals surface area contributed by atoms with Crippen molar-refractivity contribution < 1.29 is 9.90 Å². The summed E-state index contributed by atoms with van der Waals surface area (Å²) in [7, 11) is 0. The number of nitrogens with one attached hydrogen (secondary N) is 1. The number of benzene rings is 1. The zero-order valence-corrected chi connectivity index (χ0v) is 10.2. The molecule has 18 heavy (non-hydrogen) atoms. The Balaban J connectivity index is 1.91. The molecule has 0 aliphatic heterocycles. The van der Waals surface area contributed by atoms with Gasteiger partial charge in [-0.25, -0.2) is 0 Å². The molecule has 2 rings (SSSR count). The van der Waals surface area contributed by atoms with Crippen molar-refractivity contribution in [3.8, 4) is 11.8 Å². The van der Waals surface area contributed by atoms with E-state index in [-0.39, 0.29) is 11.9 Å². The molecule has 1 aliphatic rings. The van der Waals surface area contributed by atoms with Crippen molar-refractivity contribution in [2.24, 2.45) is 0 Å². The van der Waals surface area contributed by atoms with Crippen LogP contribution in [0, 0.1) is 11.8 Å². The fraction of sp³-hybridized carbons (Fsp3) is 0.400. The smallest absolute Gasteiger partial charge is 0.296 e. The van der Waals surface area contributed by atoms with Crippen molar-refractivity contribution in [2.45, 2.75) is 37.8 Å². The van der Waals surface area contributed by atoms with Crippen LogP contribution in [0.2, 0.25) is 0 Å². The highest BCUT2D eigenvalue weighted by Gasteiger charge is 2.23. The van der Waals surface area contributed by atoms with Crippen molar-refractivity contribution >= 4 is 5.91 Å². The molecule has 1 aromatic carbocycles. The molecule has 0 saturated heterocycles. The summed E-state index contributed by atoms with van der Waals surface area (Å²) in [6.45, 7) is 0. The molecule has 94 valence electrons. The van der Waals surface area contributed by atoms with Crippen LogP contribution in [-0.2, 0) is 4.79 Å².